The summed E-state index contributed by atoms with van der Waals surface area (Å²) in [5.74, 6) is -11.6. The Morgan fingerprint density at radius 1 is 0.537 bits per heavy atom. The molecule has 0 radical (unpaired) electrons. The zero-order valence-corrected chi connectivity index (χ0v) is 43.6. The number of alkyl halides is 14. The van der Waals surface area contributed by atoms with E-state index in [1.54, 1.807) is 23.6 Å². The number of hydrogen-bond donors (Lipinski definition) is 0. The van der Waals surface area contributed by atoms with E-state index in [1.807, 2.05) is 0 Å². The van der Waals surface area contributed by atoms with Crippen molar-refractivity contribution >= 4 is 23.2 Å². The highest BCUT2D eigenvalue weighted by atomic mass is 19.4. The standard InChI is InChI=1S/2C27H26F7N5O/c2*1-15(38-8-7-18(28)12-38)16-9-20-21(22(10-16)27(32,33)34)13-39(23(20)40)19-6-4-5-17(11-19)25(2,29)26(30,31)24-36-35-14-37(24)3/h2*4-6,9-11,14-15,18H,7-8,12-13H2,1-3H3/t15-,18+,25-;15-,18-,25+/m10/s1. The molecule has 0 aliphatic carbocycles. The van der Waals surface area contributed by atoms with Crippen molar-refractivity contribution in [3.05, 3.63) is 153 Å². The fourth-order valence-corrected chi connectivity index (χ4v) is 10.7. The molecule has 6 heterocycles. The molecule has 0 N–H and O–H groups in total. The van der Waals surface area contributed by atoms with Gasteiger partial charge in [0.1, 0.15) is 25.0 Å². The van der Waals surface area contributed by atoms with Gasteiger partial charge >= 0.3 is 24.2 Å². The topological polar surface area (TPSA) is 109 Å². The van der Waals surface area contributed by atoms with Crippen LogP contribution in [0.5, 0.6) is 0 Å². The van der Waals surface area contributed by atoms with Crippen molar-refractivity contribution in [3.63, 3.8) is 0 Å². The molecule has 26 heteroatoms. The summed E-state index contributed by atoms with van der Waals surface area (Å²) in [6, 6.07) is 13.0. The molecular weight excluding hydrogens is 1090 g/mol. The first kappa shape index (κ1) is 57.7. The van der Waals surface area contributed by atoms with Crippen LogP contribution in [-0.4, -0.2) is 89.7 Å². The quantitative estimate of drug-likeness (QED) is 0.112. The fraction of sp³-hybridized carbons (Fsp3) is 0.444. The molecule has 4 aliphatic heterocycles. The van der Waals surface area contributed by atoms with Gasteiger partial charge in [-0.25, -0.2) is 17.6 Å². The number of rotatable bonds is 12. The van der Waals surface area contributed by atoms with Crippen molar-refractivity contribution in [3.8, 4) is 0 Å². The lowest BCUT2D eigenvalue weighted by Crippen LogP contribution is -2.39. The van der Waals surface area contributed by atoms with Gasteiger partial charge in [0.25, 0.3) is 11.8 Å². The van der Waals surface area contributed by atoms with Gasteiger partial charge in [-0.2, -0.15) is 43.9 Å². The van der Waals surface area contributed by atoms with Crippen molar-refractivity contribution in [1.82, 2.24) is 39.3 Å². The van der Waals surface area contributed by atoms with E-state index >= 15 is 26.3 Å². The van der Waals surface area contributed by atoms with Gasteiger partial charge in [0.2, 0.25) is 23.0 Å². The Kier molecular flexibility index (Phi) is 14.8. The van der Waals surface area contributed by atoms with Gasteiger partial charge in [-0.3, -0.25) is 19.4 Å². The Morgan fingerprint density at radius 2 is 0.900 bits per heavy atom. The predicted molar refractivity (Wildman–Crippen MR) is 263 cm³/mol. The third kappa shape index (κ3) is 10.2. The van der Waals surface area contributed by atoms with E-state index in [4.69, 9.17) is 0 Å². The minimum Gasteiger partial charge on any atom is -0.316 e. The van der Waals surface area contributed by atoms with E-state index in [9.17, 15) is 44.7 Å². The van der Waals surface area contributed by atoms with Gasteiger partial charge in [-0.15, -0.1) is 20.4 Å². The molecular formula is C54H52F14N10O2. The molecule has 2 saturated heterocycles. The summed E-state index contributed by atoms with van der Waals surface area (Å²) in [5.41, 5.74) is -10.2. The van der Waals surface area contributed by atoms with Crippen molar-refractivity contribution in [2.24, 2.45) is 14.1 Å². The molecule has 0 spiro atoms. The second-order valence-electron chi connectivity index (χ2n) is 20.9. The van der Waals surface area contributed by atoms with Crippen LogP contribution in [0.3, 0.4) is 0 Å². The lowest BCUT2D eigenvalue weighted by molar-refractivity contribution is -0.149. The van der Waals surface area contributed by atoms with Gasteiger partial charge in [0.05, 0.1) is 24.2 Å². The molecule has 2 amide bonds. The molecule has 4 aliphatic rings. The largest absolute Gasteiger partial charge is 0.416 e. The molecule has 0 unspecified atom stereocenters. The van der Waals surface area contributed by atoms with E-state index in [2.05, 4.69) is 20.4 Å². The third-order valence-corrected chi connectivity index (χ3v) is 15.7. The number of anilines is 2. The number of fused-ring (bicyclic) bond motifs is 2. The molecule has 10 rings (SSSR count). The Hall–Kier alpha value is -6.96. The van der Waals surface area contributed by atoms with Gasteiger partial charge in [0.15, 0.2) is 0 Å². The molecule has 6 atom stereocenters. The molecule has 0 saturated carbocycles. The Balaban J connectivity index is 0.000000194. The van der Waals surface area contributed by atoms with Gasteiger partial charge < -0.3 is 18.9 Å². The SMILES string of the molecule is C[C@@H](c1cc2c(c(C(F)(F)F)c1)CN(c1cccc([C@@](C)(F)C(F)(F)c3nncn3C)c1)C2=O)N1CC[C@H](F)C1.C[C@H](c1cc2c(c(C(F)(F)F)c1)CN(c1cccc([C@@](C)(F)C(F)(F)c3nncn3C)c1)C2=O)N1CC[C@H](F)C1. The Morgan fingerprint density at radius 3 is 1.20 bits per heavy atom. The predicted octanol–water partition coefficient (Wildman–Crippen LogP) is 12.2. The van der Waals surface area contributed by atoms with Crippen molar-refractivity contribution < 1.29 is 71.1 Å². The number of hydrogen-bond acceptors (Lipinski definition) is 8. The lowest BCUT2D eigenvalue weighted by Gasteiger charge is -2.30. The van der Waals surface area contributed by atoms with E-state index in [0.717, 1.165) is 68.0 Å². The number of aryl methyl sites for hydroxylation is 2. The minimum atomic E-state index is -4.79. The molecule has 2 aromatic heterocycles. The number of benzene rings is 4. The highest BCUT2D eigenvalue weighted by Crippen LogP contribution is 2.51. The van der Waals surface area contributed by atoms with Crippen molar-refractivity contribution in [2.45, 2.75) is 114 Å². The summed E-state index contributed by atoms with van der Waals surface area (Å²) >= 11 is 0. The van der Waals surface area contributed by atoms with Crippen molar-refractivity contribution in [2.75, 3.05) is 36.0 Å². The van der Waals surface area contributed by atoms with E-state index in [-0.39, 0.29) is 70.7 Å². The number of aromatic nitrogens is 6. The van der Waals surface area contributed by atoms with Crippen LogP contribution >= 0.6 is 0 Å². The molecule has 4 aromatic carbocycles. The van der Waals surface area contributed by atoms with Gasteiger partial charge in [-0.1, -0.05) is 24.3 Å². The fourth-order valence-electron chi connectivity index (χ4n) is 10.7. The third-order valence-electron chi connectivity index (χ3n) is 15.7. The van der Waals surface area contributed by atoms with Crippen LogP contribution in [0.4, 0.5) is 72.8 Å². The molecule has 2 fully saturated rings. The molecule has 80 heavy (non-hydrogen) atoms. The maximum atomic E-state index is 15.8. The number of likely N-dealkylation sites (tertiary alicyclic amines) is 2. The summed E-state index contributed by atoms with van der Waals surface area (Å²) in [7, 11) is 2.48. The Labute approximate surface area is 449 Å². The first-order chi connectivity index (χ1) is 37.2. The molecule has 428 valence electrons. The maximum Gasteiger partial charge on any atom is 0.416 e. The number of amides is 2. The zero-order chi connectivity index (χ0) is 58.4. The lowest BCUT2D eigenvalue weighted by atomic mass is 9.90. The first-order valence-electron chi connectivity index (χ1n) is 25.2. The average Bonchev–Trinajstić information content (AvgIpc) is 4.37. The summed E-state index contributed by atoms with van der Waals surface area (Å²) in [6.07, 6.45) is -9.19. The average molecular weight is 1140 g/mol. The minimum absolute atomic E-state index is 0.0427. The number of carbonyl (C=O) groups is 2. The van der Waals surface area contributed by atoms with Crippen LogP contribution in [0.2, 0.25) is 0 Å². The summed E-state index contributed by atoms with van der Waals surface area (Å²) in [6.45, 7) is 4.55. The zero-order valence-electron chi connectivity index (χ0n) is 43.6. The summed E-state index contributed by atoms with van der Waals surface area (Å²) in [4.78, 5) is 32.3. The second kappa shape index (κ2) is 20.5. The smallest absolute Gasteiger partial charge is 0.316 e. The van der Waals surface area contributed by atoms with E-state index in [0.29, 0.717) is 26.9 Å². The number of halogens is 14. The van der Waals surface area contributed by atoms with E-state index < -0.39 is 119 Å². The van der Waals surface area contributed by atoms with Crippen LogP contribution in [0.25, 0.3) is 0 Å². The summed E-state index contributed by atoms with van der Waals surface area (Å²) < 4.78 is 207. The highest BCUT2D eigenvalue weighted by molar-refractivity contribution is 6.11. The van der Waals surface area contributed by atoms with Crippen LogP contribution in [0.1, 0.15) is 129 Å². The molecule has 6 aromatic rings. The van der Waals surface area contributed by atoms with Crippen LogP contribution < -0.4 is 9.80 Å². The van der Waals surface area contributed by atoms with Gasteiger partial charge in [0, 0.05) is 74.9 Å². The van der Waals surface area contributed by atoms with Crippen LogP contribution in [-0.2, 0) is 62.7 Å². The Bertz CT molecular complexity index is 3120. The van der Waals surface area contributed by atoms with Crippen LogP contribution in [0, 0.1) is 0 Å². The second-order valence-corrected chi connectivity index (χ2v) is 20.9. The normalized spacial score (nSPS) is 20.6. The monoisotopic (exact) mass is 1140 g/mol. The maximum absolute atomic E-state index is 15.8. The first-order valence-corrected chi connectivity index (χ1v) is 25.2. The number of nitrogens with zero attached hydrogens (tertiary/aromatic N) is 10. The van der Waals surface area contributed by atoms with Crippen LogP contribution in [0.15, 0.2) is 85.5 Å². The molecule has 12 nitrogen and oxygen atoms in total. The van der Waals surface area contributed by atoms with Gasteiger partial charge in [-0.05, 0) is 122 Å². The van der Waals surface area contributed by atoms with E-state index in [1.165, 1.54) is 50.5 Å². The van der Waals surface area contributed by atoms with Crippen molar-refractivity contribution in [1.29, 1.82) is 0 Å². The molecule has 0 bridgehead atoms. The highest BCUT2D eigenvalue weighted by Gasteiger charge is 2.58. The number of carbonyl (C=O) groups excluding carboxylic acids is 2. The summed E-state index contributed by atoms with van der Waals surface area (Å²) in [5, 5.41) is 13.4.